The van der Waals surface area contributed by atoms with Crippen molar-refractivity contribution >= 4 is 5.91 Å². The van der Waals surface area contributed by atoms with E-state index in [1.54, 1.807) is 14.2 Å². The largest absolute Gasteiger partial charge is 0.493 e. The number of methoxy groups -OCH3 is 2. The molecule has 3 N–H and O–H groups in total. The molecular formula is C14H20N2O3. The van der Waals surface area contributed by atoms with E-state index in [-0.39, 0.29) is 11.9 Å². The molecule has 0 radical (unpaired) electrons. The van der Waals surface area contributed by atoms with E-state index >= 15 is 0 Å². The SMILES string of the molecule is COc1ccc(C2CCNC(C(N)=O)C2)cc1OC. The van der Waals surface area contributed by atoms with E-state index in [1.807, 2.05) is 18.2 Å². The Kier molecular flexibility index (Phi) is 4.27. The van der Waals surface area contributed by atoms with Crippen LogP contribution in [0.3, 0.4) is 0 Å². The maximum absolute atomic E-state index is 11.3. The van der Waals surface area contributed by atoms with Crippen LogP contribution in [0.1, 0.15) is 24.3 Å². The fourth-order valence-electron chi connectivity index (χ4n) is 2.54. The van der Waals surface area contributed by atoms with E-state index < -0.39 is 0 Å². The van der Waals surface area contributed by atoms with Crippen molar-refractivity contribution in [2.45, 2.75) is 24.8 Å². The lowest BCUT2D eigenvalue weighted by molar-refractivity contribution is -0.120. The molecule has 0 aromatic heterocycles. The molecule has 19 heavy (non-hydrogen) atoms. The molecule has 1 heterocycles. The van der Waals surface area contributed by atoms with Crippen LogP contribution in [0, 0.1) is 0 Å². The summed E-state index contributed by atoms with van der Waals surface area (Å²) in [6.45, 7) is 0.798. The number of piperidine rings is 1. The van der Waals surface area contributed by atoms with Crippen LogP contribution < -0.4 is 20.5 Å². The molecule has 0 bridgehead atoms. The highest BCUT2D eigenvalue weighted by molar-refractivity contribution is 5.80. The highest BCUT2D eigenvalue weighted by Crippen LogP contribution is 2.34. The van der Waals surface area contributed by atoms with Crippen LogP contribution in [-0.2, 0) is 4.79 Å². The summed E-state index contributed by atoms with van der Waals surface area (Å²) in [7, 11) is 3.24. The molecule has 1 amide bonds. The quantitative estimate of drug-likeness (QED) is 0.851. The Balaban J connectivity index is 2.19. The Bertz CT molecular complexity index is 462. The summed E-state index contributed by atoms with van der Waals surface area (Å²) in [5, 5.41) is 3.14. The number of amides is 1. The van der Waals surface area contributed by atoms with E-state index in [9.17, 15) is 4.79 Å². The smallest absolute Gasteiger partial charge is 0.234 e. The molecular weight excluding hydrogens is 244 g/mol. The lowest BCUT2D eigenvalue weighted by Gasteiger charge is -2.29. The predicted octanol–water partition coefficient (Wildman–Crippen LogP) is 1.02. The molecule has 2 rings (SSSR count). The average molecular weight is 264 g/mol. The van der Waals surface area contributed by atoms with Crippen LogP contribution in [0.4, 0.5) is 0 Å². The lowest BCUT2D eigenvalue weighted by atomic mass is 9.86. The summed E-state index contributed by atoms with van der Waals surface area (Å²) in [5.41, 5.74) is 6.52. The van der Waals surface area contributed by atoms with Crippen LogP contribution in [0.25, 0.3) is 0 Å². The van der Waals surface area contributed by atoms with Gasteiger partial charge >= 0.3 is 0 Å². The maximum Gasteiger partial charge on any atom is 0.234 e. The Morgan fingerprint density at radius 2 is 2.05 bits per heavy atom. The summed E-state index contributed by atoms with van der Waals surface area (Å²) in [5.74, 6) is 1.46. The maximum atomic E-state index is 11.3. The van der Waals surface area contributed by atoms with Crippen LogP contribution in [-0.4, -0.2) is 32.7 Å². The zero-order valence-electron chi connectivity index (χ0n) is 11.3. The number of hydrogen-bond acceptors (Lipinski definition) is 4. The van der Waals surface area contributed by atoms with Crippen molar-refractivity contribution in [2.75, 3.05) is 20.8 Å². The minimum absolute atomic E-state index is 0.244. The number of rotatable bonds is 4. The second-order valence-corrected chi connectivity index (χ2v) is 4.74. The van der Waals surface area contributed by atoms with Crippen molar-refractivity contribution in [2.24, 2.45) is 5.73 Å². The monoisotopic (exact) mass is 264 g/mol. The van der Waals surface area contributed by atoms with Crippen molar-refractivity contribution in [3.63, 3.8) is 0 Å². The molecule has 0 saturated carbocycles. The fourth-order valence-corrected chi connectivity index (χ4v) is 2.54. The average Bonchev–Trinajstić information content (AvgIpc) is 2.46. The van der Waals surface area contributed by atoms with Gasteiger partial charge in [0, 0.05) is 0 Å². The van der Waals surface area contributed by atoms with E-state index in [2.05, 4.69) is 5.32 Å². The first-order valence-electron chi connectivity index (χ1n) is 6.40. The highest BCUT2D eigenvalue weighted by atomic mass is 16.5. The second kappa shape index (κ2) is 5.93. The Hall–Kier alpha value is -1.75. The van der Waals surface area contributed by atoms with Crippen molar-refractivity contribution < 1.29 is 14.3 Å². The molecule has 2 atom stereocenters. The van der Waals surface area contributed by atoms with Gasteiger partial charge in [0.25, 0.3) is 0 Å². The Labute approximate surface area is 113 Å². The Morgan fingerprint density at radius 3 is 2.68 bits per heavy atom. The number of carbonyl (C=O) groups excluding carboxylic acids is 1. The van der Waals surface area contributed by atoms with Crippen LogP contribution in [0.15, 0.2) is 18.2 Å². The van der Waals surface area contributed by atoms with Gasteiger partial charge in [-0.25, -0.2) is 0 Å². The number of hydrogen-bond donors (Lipinski definition) is 2. The van der Waals surface area contributed by atoms with Gasteiger partial charge in [-0.1, -0.05) is 6.07 Å². The van der Waals surface area contributed by atoms with E-state index in [0.717, 1.165) is 24.9 Å². The fraction of sp³-hybridized carbons (Fsp3) is 0.500. The molecule has 1 saturated heterocycles. The minimum Gasteiger partial charge on any atom is -0.493 e. The molecule has 1 aromatic carbocycles. The molecule has 5 heteroatoms. The normalized spacial score (nSPS) is 22.8. The van der Waals surface area contributed by atoms with Gasteiger partial charge in [0.05, 0.1) is 20.3 Å². The molecule has 104 valence electrons. The summed E-state index contributed by atoms with van der Waals surface area (Å²) in [6, 6.07) is 5.66. The van der Waals surface area contributed by atoms with Gasteiger partial charge in [-0.2, -0.15) is 0 Å². The number of nitrogens with two attached hydrogens (primary N) is 1. The molecule has 0 spiro atoms. The van der Waals surface area contributed by atoms with Crippen LogP contribution in [0.5, 0.6) is 11.5 Å². The van der Waals surface area contributed by atoms with Gasteiger partial charge in [0.2, 0.25) is 5.91 Å². The number of nitrogens with one attached hydrogen (secondary N) is 1. The van der Waals surface area contributed by atoms with Gasteiger partial charge in [-0.05, 0) is 43.0 Å². The molecule has 2 unspecified atom stereocenters. The van der Waals surface area contributed by atoms with Gasteiger partial charge in [0.1, 0.15) is 0 Å². The summed E-state index contributed by atoms with van der Waals surface area (Å²) in [4.78, 5) is 11.3. The predicted molar refractivity (Wildman–Crippen MR) is 72.5 cm³/mol. The van der Waals surface area contributed by atoms with Gasteiger partial charge in [0.15, 0.2) is 11.5 Å². The first-order valence-corrected chi connectivity index (χ1v) is 6.40. The number of carbonyl (C=O) groups is 1. The van der Waals surface area contributed by atoms with Crippen molar-refractivity contribution in [3.8, 4) is 11.5 Å². The van der Waals surface area contributed by atoms with Crippen molar-refractivity contribution in [3.05, 3.63) is 23.8 Å². The summed E-state index contributed by atoms with van der Waals surface area (Å²) in [6.07, 6.45) is 1.71. The number of benzene rings is 1. The minimum atomic E-state index is -0.287. The lowest BCUT2D eigenvalue weighted by Crippen LogP contribution is -2.46. The van der Waals surface area contributed by atoms with Gasteiger partial charge in [-0.3, -0.25) is 4.79 Å². The highest BCUT2D eigenvalue weighted by Gasteiger charge is 2.26. The van der Waals surface area contributed by atoms with E-state index in [4.69, 9.17) is 15.2 Å². The molecule has 5 nitrogen and oxygen atoms in total. The van der Waals surface area contributed by atoms with Crippen molar-refractivity contribution in [1.29, 1.82) is 0 Å². The van der Waals surface area contributed by atoms with Crippen LogP contribution >= 0.6 is 0 Å². The second-order valence-electron chi connectivity index (χ2n) is 4.74. The third-order valence-corrected chi connectivity index (χ3v) is 3.63. The third-order valence-electron chi connectivity index (χ3n) is 3.63. The molecule has 1 aliphatic heterocycles. The summed E-state index contributed by atoms with van der Waals surface area (Å²) >= 11 is 0. The first-order chi connectivity index (χ1) is 9.15. The zero-order valence-corrected chi connectivity index (χ0v) is 11.3. The van der Waals surface area contributed by atoms with E-state index in [1.165, 1.54) is 0 Å². The van der Waals surface area contributed by atoms with E-state index in [0.29, 0.717) is 17.4 Å². The summed E-state index contributed by atoms with van der Waals surface area (Å²) < 4.78 is 10.5. The standard InChI is InChI=1S/C14H20N2O3/c1-18-12-4-3-9(8-13(12)19-2)10-5-6-16-11(7-10)14(15)17/h3-4,8,10-11,16H,5-7H2,1-2H3,(H2,15,17). The molecule has 0 aliphatic carbocycles. The third kappa shape index (κ3) is 2.98. The Morgan fingerprint density at radius 1 is 1.32 bits per heavy atom. The zero-order chi connectivity index (χ0) is 13.8. The molecule has 1 fully saturated rings. The van der Waals surface area contributed by atoms with Gasteiger partial charge < -0.3 is 20.5 Å². The topological polar surface area (TPSA) is 73.6 Å². The molecule has 1 aliphatic rings. The van der Waals surface area contributed by atoms with Crippen molar-refractivity contribution in [1.82, 2.24) is 5.32 Å². The van der Waals surface area contributed by atoms with Crippen LogP contribution in [0.2, 0.25) is 0 Å². The number of ether oxygens (including phenoxy) is 2. The van der Waals surface area contributed by atoms with Gasteiger partial charge in [-0.15, -0.1) is 0 Å². The molecule has 1 aromatic rings. The first kappa shape index (κ1) is 13.7. The number of primary amides is 1.